The largest absolute Gasteiger partial charge is 0.425 e. The molecule has 4 rings (SSSR count). The third-order valence-corrected chi connectivity index (χ3v) is 4.37. The van der Waals surface area contributed by atoms with E-state index in [1.165, 1.54) is 5.56 Å². The number of aryl methyl sites for hydroxylation is 1. The minimum absolute atomic E-state index is 0.259. The first-order valence-corrected chi connectivity index (χ1v) is 7.01. The van der Waals surface area contributed by atoms with Gasteiger partial charge in [-0.15, -0.1) is 0 Å². The Labute approximate surface area is 117 Å². The van der Waals surface area contributed by atoms with Crippen LogP contribution in [-0.2, 0) is 15.3 Å². The molecule has 0 unspecified atom stereocenters. The highest BCUT2D eigenvalue weighted by Crippen LogP contribution is 2.48. The van der Waals surface area contributed by atoms with E-state index in [9.17, 15) is 4.79 Å². The smallest absolute Gasteiger partial charge is 0.342 e. The van der Waals surface area contributed by atoms with Gasteiger partial charge in [-0.05, 0) is 29.2 Å². The summed E-state index contributed by atoms with van der Waals surface area (Å²) in [6.07, 6.45) is 0.739. The first-order valence-electron chi connectivity index (χ1n) is 7.01. The molecule has 0 radical (unpaired) electrons. The van der Waals surface area contributed by atoms with Gasteiger partial charge in [0.15, 0.2) is 0 Å². The molecule has 3 heteroatoms. The van der Waals surface area contributed by atoms with E-state index in [0.717, 1.165) is 22.8 Å². The zero-order valence-electron chi connectivity index (χ0n) is 11.6. The summed E-state index contributed by atoms with van der Waals surface area (Å²) in [5.41, 5.74) is 2.74. The van der Waals surface area contributed by atoms with E-state index in [4.69, 9.17) is 9.47 Å². The number of fused-ring (bicyclic) bond motifs is 4. The van der Waals surface area contributed by atoms with Crippen LogP contribution in [-0.4, -0.2) is 12.6 Å². The van der Waals surface area contributed by atoms with E-state index in [1.807, 2.05) is 18.2 Å². The summed E-state index contributed by atoms with van der Waals surface area (Å²) in [6.45, 7) is 4.81. The maximum Gasteiger partial charge on any atom is 0.342 e. The first-order chi connectivity index (χ1) is 9.61. The molecule has 20 heavy (non-hydrogen) atoms. The minimum atomic E-state index is -0.843. The van der Waals surface area contributed by atoms with Crippen LogP contribution in [0.4, 0.5) is 0 Å². The normalized spacial score (nSPS) is 28.1. The number of hydrogen-bond acceptors (Lipinski definition) is 3. The lowest BCUT2D eigenvalue weighted by molar-refractivity contribution is -0.172. The number of hydrogen-bond donors (Lipinski definition) is 0. The highest BCUT2D eigenvalue weighted by molar-refractivity contribution is 6.08. The van der Waals surface area contributed by atoms with Gasteiger partial charge in [-0.3, -0.25) is 0 Å². The zero-order valence-corrected chi connectivity index (χ0v) is 11.6. The van der Waals surface area contributed by atoms with Crippen molar-refractivity contribution in [2.45, 2.75) is 26.1 Å². The Bertz CT molecular complexity index is 734. The SMILES string of the molecule is Cc1cccc2c3c(ccc12)[C@]1(C[C@@H](C)CO1)OC3=O. The number of benzene rings is 2. The van der Waals surface area contributed by atoms with Crippen LogP contribution >= 0.6 is 0 Å². The van der Waals surface area contributed by atoms with E-state index in [0.29, 0.717) is 18.1 Å². The van der Waals surface area contributed by atoms with Gasteiger partial charge in [0.05, 0.1) is 12.2 Å². The molecule has 2 aromatic carbocycles. The average Bonchev–Trinajstić information content (AvgIpc) is 2.92. The second kappa shape index (κ2) is 3.83. The molecule has 0 N–H and O–H groups in total. The van der Waals surface area contributed by atoms with Crippen molar-refractivity contribution in [3.63, 3.8) is 0 Å². The summed E-state index contributed by atoms with van der Waals surface area (Å²) in [5, 5.41) is 2.07. The van der Waals surface area contributed by atoms with Gasteiger partial charge in [-0.25, -0.2) is 4.79 Å². The van der Waals surface area contributed by atoms with Crippen molar-refractivity contribution in [3.8, 4) is 0 Å². The maximum atomic E-state index is 12.4. The van der Waals surface area contributed by atoms with Gasteiger partial charge in [0.2, 0.25) is 5.79 Å². The molecule has 1 fully saturated rings. The lowest BCUT2D eigenvalue weighted by Gasteiger charge is -2.22. The van der Waals surface area contributed by atoms with Crippen LogP contribution in [0.5, 0.6) is 0 Å². The standard InChI is InChI=1S/C17H16O3/c1-10-8-17(19-9-10)14-7-6-12-11(2)4-3-5-13(12)15(14)16(18)20-17/h3-7,10H,8-9H2,1-2H3/t10-,17+/m1/s1. The fourth-order valence-electron chi connectivity index (χ4n) is 3.42. The predicted octanol–water partition coefficient (Wildman–Crippen LogP) is 3.53. The van der Waals surface area contributed by atoms with E-state index >= 15 is 0 Å². The van der Waals surface area contributed by atoms with E-state index in [-0.39, 0.29) is 5.97 Å². The summed E-state index contributed by atoms with van der Waals surface area (Å²) >= 11 is 0. The molecule has 3 nitrogen and oxygen atoms in total. The molecular formula is C17H16O3. The first kappa shape index (κ1) is 11.9. The summed E-state index contributed by atoms with van der Waals surface area (Å²) < 4.78 is 11.5. The summed E-state index contributed by atoms with van der Waals surface area (Å²) in [5.74, 6) is -0.698. The lowest BCUT2D eigenvalue weighted by atomic mass is 9.92. The molecule has 1 saturated heterocycles. The second-order valence-corrected chi connectivity index (χ2v) is 5.92. The van der Waals surface area contributed by atoms with Gasteiger partial charge < -0.3 is 9.47 Å². The summed E-state index contributed by atoms with van der Waals surface area (Å²) in [4.78, 5) is 12.4. The minimum Gasteiger partial charge on any atom is -0.425 e. The van der Waals surface area contributed by atoms with Crippen LogP contribution in [0.15, 0.2) is 30.3 Å². The van der Waals surface area contributed by atoms with Crippen molar-refractivity contribution >= 4 is 16.7 Å². The Morgan fingerprint density at radius 2 is 2.05 bits per heavy atom. The predicted molar refractivity (Wildman–Crippen MR) is 75.5 cm³/mol. The highest BCUT2D eigenvalue weighted by atomic mass is 16.7. The van der Waals surface area contributed by atoms with Crippen molar-refractivity contribution in [1.82, 2.24) is 0 Å². The fraction of sp³-hybridized carbons (Fsp3) is 0.353. The van der Waals surface area contributed by atoms with Crippen LogP contribution in [0.2, 0.25) is 0 Å². The fourth-order valence-corrected chi connectivity index (χ4v) is 3.42. The highest BCUT2D eigenvalue weighted by Gasteiger charge is 2.51. The Kier molecular flexibility index (Phi) is 2.28. The lowest BCUT2D eigenvalue weighted by Crippen LogP contribution is -2.24. The Morgan fingerprint density at radius 3 is 2.80 bits per heavy atom. The number of carbonyl (C=O) groups excluding carboxylic acids is 1. The molecule has 0 bridgehead atoms. The van der Waals surface area contributed by atoms with Gasteiger partial charge >= 0.3 is 5.97 Å². The third kappa shape index (κ3) is 1.41. The molecule has 1 spiro atoms. The summed E-state index contributed by atoms with van der Waals surface area (Å²) in [7, 11) is 0. The van der Waals surface area contributed by atoms with Crippen molar-refractivity contribution < 1.29 is 14.3 Å². The Balaban J connectivity index is 2.01. The molecule has 2 heterocycles. The van der Waals surface area contributed by atoms with Crippen LogP contribution < -0.4 is 0 Å². The molecular weight excluding hydrogens is 252 g/mol. The Morgan fingerprint density at radius 1 is 1.20 bits per heavy atom. The molecule has 2 aromatic rings. The number of ether oxygens (including phenoxy) is 2. The molecule has 2 aliphatic heterocycles. The average molecular weight is 268 g/mol. The van der Waals surface area contributed by atoms with Gasteiger partial charge in [-0.1, -0.05) is 37.3 Å². The monoisotopic (exact) mass is 268 g/mol. The summed E-state index contributed by atoms with van der Waals surface area (Å²) in [6, 6.07) is 10.1. The third-order valence-electron chi connectivity index (χ3n) is 4.37. The molecule has 2 aliphatic rings. The molecule has 0 amide bonds. The number of esters is 1. The van der Waals surface area contributed by atoms with Crippen LogP contribution in [0.3, 0.4) is 0 Å². The molecule has 2 atom stereocenters. The topological polar surface area (TPSA) is 35.5 Å². The van der Waals surface area contributed by atoms with Crippen molar-refractivity contribution in [2.24, 2.45) is 5.92 Å². The quantitative estimate of drug-likeness (QED) is 0.686. The number of carbonyl (C=O) groups is 1. The van der Waals surface area contributed by atoms with Crippen molar-refractivity contribution in [1.29, 1.82) is 0 Å². The molecule has 0 aromatic heterocycles. The maximum absolute atomic E-state index is 12.4. The van der Waals surface area contributed by atoms with Gasteiger partial charge in [0, 0.05) is 12.0 Å². The van der Waals surface area contributed by atoms with Crippen LogP contribution in [0.25, 0.3) is 10.8 Å². The van der Waals surface area contributed by atoms with Crippen LogP contribution in [0, 0.1) is 12.8 Å². The van der Waals surface area contributed by atoms with Gasteiger partial charge in [-0.2, -0.15) is 0 Å². The zero-order chi connectivity index (χ0) is 13.9. The van der Waals surface area contributed by atoms with E-state index < -0.39 is 5.79 Å². The van der Waals surface area contributed by atoms with Crippen LogP contribution in [0.1, 0.15) is 34.8 Å². The van der Waals surface area contributed by atoms with Gasteiger partial charge in [0.1, 0.15) is 0 Å². The Hall–Kier alpha value is -1.87. The molecule has 102 valence electrons. The van der Waals surface area contributed by atoms with E-state index in [1.54, 1.807) is 0 Å². The molecule has 0 aliphatic carbocycles. The van der Waals surface area contributed by atoms with Crippen molar-refractivity contribution in [3.05, 3.63) is 47.0 Å². The van der Waals surface area contributed by atoms with Crippen molar-refractivity contribution in [2.75, 3.05) is 6.61 Å². The number of rotatable bonds is 0. The second-order valence-electron chi connectivity index (χ2n) is 5.92. The van der Waals surface area contributed by atoms with E-state index in [2.05, 4.69) is 26.0 Å². The molecule has 0 saturated carbocycles. The van der Waals surface area contributed by atoms with Gasteiger partial charge in [0.25, 0.3) is 0 Å².